The lowest BCUT2D eigenvalue weighted by atomic mass is 10.1. The third-order valence-corrected chi connectivity index (χ3v) is 2.11. The monoisotopic (exact) mass is 171 g/mol. The van der Waals surface area contributed by atoms with E-state index in [1.165, 1.54) is 10.8 Å². The van der Waals surface area contributed by atoms with Gasteiger partial charge in [0.25, 0.3) is 0 Å². The molecule has 0 heterocycles. The van der Waals surface area contributed by atoms with Crippen molar-refractivity contribution in [3.05, 3.63) is 48.9 Å². The first-order valence-corrected chi connectivity index (χ1v) is 4.19. The Balaban J connectivity index is 2.66. The molecule has 64 valence electrons. The maximum absolute atomic E-state index is 5.14. The number of hydrogen-bond donors (Lipinski definition) is 0. The van der Waals surface area contributed by atoms with Crippen molar-refractivity contribution in [2.75, 3.05) is 7.11 Å². The van der Waals surface area contributed by atoms with Crippen LogP contribution in [0, 0.1) is 6.92 Å². The summed E-state index contributed by atoms with van der Waals surface area (Å²) in [6, 6.07) is 12.1. The summed E-state index contributed by atoms with van der Waals surface area (Å²) in [5.74, 6) is 0.893. The van der Waals surface area contributed by atoms with Gasteiger partial charge < -0.3 is 4.74 Å². The number of methoxy groups -OCH3 is 1. The first kappa shape index (κ1) is 7.99. The number of ether oxygens (including phenoxy) is 1. The van der Waals surface area contributed by atoms with Crippen molar-refractivity contribution in [2.45, 2.75) is 0 Å². The van der Waals surface area contributed by atoms with Gasteiger partial charge in [0, 0.05) is 29.8 Å². The Labute approximate surface area is 78.0 Å². The van der Waals surface area contributed by atoms with Gasteiger partial charge in [0.1, 0.15) is 11.3 Å². The van der Waals surface area contributed by atoms with Crippen LogP contribution in [0.15, 0.2) is 36.4 Å². The van der Waals surface area contributed by atoms with E-state index in [2.05, 4.69) is 19.1 Å². The molecule has 0 aliphatic rings. The fourth-order valence-electron chi connectivity index (χ4n) is 1.40. The Morgan fingerprint density at radius 1 is 1.00 bits per heavy atom. The van der Waals surface area contributed by atoms with E-state index in [9.17, 15) is 0 Å². The fraction of sp³-hybridized carbons (Fsp3) is 0.0833. The van der Waals surface area contributed by atoms with Crippen molar-refractivity contribution < 1.29 is 4.74 Å². The Morgan fingerprint density at radius 3 is 2.46 bits per heavy atom. The van der Waals surface area contributed by atoms with Crippen LogP contribution < -0.4 is 4.74 Å². The van der Waals surface area contributed by atoms with E-state index in [4.69, 9.17) is 4.74 Å². The first-order chi connectivity index (χ1) is 6.29. The lowest BCUT2D eigenvalue weighted by Crippen LogP contribution is -1.82. The second kappa shape index (κ2) is 3.02. The van der Waals surface area contributed by atoms with Crippen LogP contribution in [-0.4, -0.2) is 7.11 Å². The third-order valence-electron chi connectivity index (χ3n) is 2.11. The molecule has 0 saturated carbocycles. The van der Waals surface area contributed by atoms with Crippen molar-refractivity contribution in [2.24, 2.45) is 0 Å². The average molecular weight is 171 g/mol. The van der Waals surface area contributed by atoms with Gasteiger partial charge in [-0.2, -0.15) is 0 Å². The summed E-state index contributed by atoms with van der Waals surface area (Å²) in [7, 11) is 1.68. The molecule has 0 spiro atoms. The third kappa shape index (κ3) is 1.45. The minimum absolute atomic E-state index is 0.893. The van der Waals surface area contributed by atoms with Crippen molar-refractivity contribution in [1.29, 1.82) is 0 Å². The molecule has 0 bridgehead atoms. The van der Waals surface area contributed by atoms with Crippen LogP contribution in [0.3, 0.4) is 0 Å². The normalized spacial score (nSPS) is 10.2. The van der Waals surface area contributed by atoms with Crippen LogP contribution in [0.5, 0.6) is 5.75 Å². The van der Waals surface area contributed by atoms with Gasteiger partial charge in [-0.1, -0.05) is 0 Å². The molecule has 13 heavy (non-hydrogen) atoms. The zero-order valence-corrected chi connectivity index (χ0v) is 7.58. The topological polar surface area (TPSA) is 9.23 Å². The van der Waals surface area contributed by atoms with Crippen molar-refractivity contribution in [3.63, 3.8) is 0 Å². The molecule has 1 nitrogen and oxygen atoms in total. The molecule has 0 amide bonds. The standard InChI is InChI=1S/C12H11O/c1-9-3-4-11-8-12(13-2)6-5-10(11)7-9/h3-8H,1H2,2H3/q+1. The second-order valence-corrected chi connectivity index (χ2v) is 3.05. The van der Waals surface area contributed by atoms with Crippen LogP contribution in [0.1, 0.15) is 5.56 Å². The van der Waals surface area contributed by atoms with E-state index in [1.54, 1.807) is 7.11 Å². The maximum Gasteiger partial charge on any atom is 0.127 e. The SMILES string of the molecule is [CH2+]c1ccc2cc(OC)ccc2c1. The molecule has 0 unspecified atom stereocenters. The quantitative estimate of drug-likeness (QED) is 0.599. The Bertz CT molecular complexity index is 432. The molecular weight excluding hydrogens is 160 g/mol. The zero-order chi connectivity index (χ0) is 9.26. The molecule has 0 aliphatic carbocycles. The van der Waals surface area contributed by atoms with E-state index in [1.807, 2.05) is 24.3 Å². The van der Waals surface area contributed by atoms with Gasteiger partial charge in [0.05, 0.1) is 13.2 Å². The van der Waals surface area contributed by atoms with Crippen LogP contribution in [0.2, 0.25) is 0 Å². The van der Waals surface area contributed by atoms with Gasteiger partial charge in [-0.25, -0.2) is 0 Å². The van der Waals surface area contributed by atoms with Crippen LogP contribution in [-0.2, 0) is 0 Å². The first-order valence-electron chi connectivity index (χ1n) is 4.19. The Hall–Kier alpha value is -1.63. The zero-order valence-electron chi connectivity index (χ0n) is 7.58. The van der Waals surface area contributed by atoms with Gasteiger partial charge in [-0.3, -0.25) is 0 Å². The van der Waals surface area contributed by atoms with Crippen molar-refractivity contribution in [3.8, 4) is 5.75 Å². The molecule has 0 saturated heterocycles. The number of fused-ring (bicyclic) bond motifs is 1. The largest absolute Gasteiger partial charge is 0.497 e. The maximum atomic E-state index is 5.14. The molecule has 0 aromatic heterocycles. The van der Waals surface area contributed by atoms with Crippen molar-refractivity contribution >= 4 is 10.8 Å². The summed E-state index contributed by atoms with van der Waals surface area (Å²) in [6.45, 7) is 3.88. The minimum atomic E-state index is 0.893. The lowest BCUT2D eigenvalue weighted by Gasteiger charge is -1.99. The van der Waals surface area contributed by atoms with E-state index in [0.717, 1.165) is 11.3 Å². The fourth-order valence-corrected chi connectivity index (χ4v) is 1.40. The highest BCUT2D eigenvalue weighted by molar-refractivity contribution is 5.84. The molecule has 2 aromatic carbocycles. The number of benzene rings is 2. The van der Waals surface area contributed by atoms with Gasteiger partial charge in [-0.15, -0.1) is 0 Å². The van der Waals surface area contributed by atoms with E-state index in [0.29, 0.717) is 0 Å². The lowest BCUT2D eigenvalue weighted by molar-refractivity contribution is 0.415. The summed E-state index contributed by atoms with van der Waals surface area (Å²) in [5, 5.41) is 2.39. The Kier molecular flexibility index (Phi) is 1.85. The van der Waals surface area contributed by atoms with Crippen molar-refractivity contribution in [1.82, 2.24) is 0 Å². The van der Waals surface area contributed by atoms with Crippen LogP contribution >= 0.6 is 0 Å². The molecule has 0 atom stereocenters. The van der Waals surface area contributed by atoms with E-state index >= 15 is 0 Å². The summed E-state index contributed by atoms with van der Waals surface area (Å²) < 4.78 is 5.14. The highest BCUT2D eigenvalue weighted by atomic mass is 16.5. The molecular formula is C12H11O+. The van der Waals surface area contributed by atoms with Crippen LogP contribution in [0.4, 0.5) is 0 Å². The van der Waals surface area contributed by atoms with E-state index < -0.39 is 0 Å². The van der Waals surface area contributed by atoms with Crippen LogP contribution in [0.25, 0.3) is 10.8 Å². The number of hydrogen-bond acceptors (Lipinski definition) is 1. The summed E-state index contributed by atoms with van der Waals surface area (Å²) >= 11 is 0. The Morgan fingerprint density at radius 2 is 1.69 bits per heavy atom. The molecule has 2 aromatic rings. The molecule has 0 fully saturated rings. The van der Waals surface area contributed by atoms with E-state index in [-0.39, 0.29) is 0 Å². The molecule has 1 heteroatoms. The summed E-state index contributed by atoms with van der Waals surface area (Å²) in [4.78, 5) is 0. The predicted octanol–water partition coefficient (Wildman–Crippen LogP) is 3.03. The number of rotatable bonds is 1. The predicted molar refractivity (Wildman–Crippen MR) is 55.0 cm³/mol. The van der Waals surface area contributed by atoms with Gasteiger partial charge in [-0.05, 0) is 18.2 Å². The smallest absolute Gasteiger partial charge is 0.127 e. The minimum Gasteiger partial charge on any atom is -0.497 e. The summed E-state index contributed by atoms with van der Waals surface area (Å²) in [6.07, 6.45) is 0. The second-order valence-electron chi connectivity index (χ2n) is 3.05. The molecule has 0 aliphatic heterocycles. The summed E-state index contributed by atoms with van der Waals surface area (Å²) in [5.41, 5.74) is 1.04. The van der Waals surface area contributed by atoms with Gasteiger partial charge >= 0.3 is 0 Å². The van der Waals surface area contributed by atoms with Gasteiger partial charge in [0.15, 0.2) is 0 Å². The molecule has 0 N–H and O–H groups in total. The van der Waals surface area contributed by atoms with Gasteiger partial charge in [0.2, 0.25) is 0 Å². The highest BCUT2D eigenvalue weighted by Crippen LogP contribution is 2.21. The average Bonchev–Trinajstić information content (AvgIpc) is 2.17. The highest BCUT2D eigenvalue weighted by Gasteiger charge is 2.00. The molecule has 2 rings (SSSR count). The molecule has 0 radical (unpaired) electrons.